The molecule has 164 valence electrons. The number of nitrogens with one attached hydrogen (secondary N) is 1. The molecule has 1 fully saturated rings. The predicted molar refractivity (Wildman–Crippen MR) is 106 cm³/mol. The van der Waals surface area contributed by atoms with Crippen molar-refractivity contribution in [3.63, 3.8) is 0 Å². The van der Waals surface area contributed by atoms with E-state index in [1.165, 1.54) is 18.2 Å². The SMILES string of the molecule is O=C(NCc1noc2ccccc12)N1CCN(Cc2cccc(OC(F)(F)F)c2)CC1. The number of urea groups is 1. The molecule has 10 heteroatoms. The molecule has 3 aromatic rings. The zero-order chi connectivity index (χ0) is 21.8. The summed E-state index contributed by atoms with van der Waals surface area (Å²) in [5.41, 5.74) is 2.06. The lowest BCUT2D eigenvalue weighted by Gasteiger charge is -2.34. The maximum Gasteiger partial charge on any atom is 0.573 e. The Morgan fingerprint density at radius 3 is 2.65 bits per heavy atom. The van der Waals surface area contributed by atoms with Gasteiger partial charge >= 0.3 is 12.4 Å². The van der Waals surface area contributed by atoms with Gasteiger partial charge in [0.25, 0.3) is 0 Å². The van der Waals surface area contributed by atoms with E-state index in [0.29, 0.717) is 44.0 Å². The molecule has 7 nitrogen and oxygen atoms in total. The molecular weight excluding hydrogens is 413 g/mol. The summed E-state index contributed by atoms with van der Waals surface area (Å²) in [7, 11) is 0. The number of hydrogen-bond acceptors (Lipinski definition) is 5. The first-order valence-electron chi connectivity index (χ1n) is 9.80. The van der Waals surface area contributed by atoms with Crippen LogP contribution < -0.4 is 10.1 Å². The van der Waals surface area contributed by atoms with Crippen molar-refractivity contribution in [2.45, 2.75) is 19.5 Å². The Bertz CT molecular complexity index is 1050. The molecule has 4 rings (SSSR count). The van der Waals surface area contributed by atoms with E-state index in [2.05, 4.69) is 20.1 Å². The number of carbonyl (C=O) groups excluding carboxylic acids is 1. The topological polar surface area (TPSA) is 70.8 Å². The molecule has 2 aromatic carbocycles. The molecule has 1 aromatic heterocycles. The number of fused-ring (bicyclic) bond motifs is 1. The first kappa shape index (κ1) is 21.0. The normalized spacial score (nSPS) is 15.3. The standard InChI is InChI=1S/C21H21F3N4O3/c22-21(23,24)30-16-5-3-4-15(12-16)14-27-8-10-28(11-9-27)20(29)25-13-18-17-6-1-2-7-19(17)31-26-18/h1-7,12H,8-11,13-14H2,(H,25,29). The fourth-order valence-corrected chi connectivity index (χ4v) is 3.54. The monoisotopic (exact) mass is 434 g/mol. The van der Waals surface area contributed by atoms with Crippen LogP contribution in [0.2, 0.25) is 0 Å². The Labute approximate surface area is 176 Å². The number of aromatic nitrogens is 1. The third kappa shape index (κ3) is 5.46. The van der Waals surface area contributed by atoms with Crippen LogP contribution in [0.1, 0.15) is 11.3 Å². The molecule has 0 bridgehead atoms. The highest BCUT2D eigenvalue weighted by Crippen LogP contribution is 2.24. The summed E-state index contributed by atoms with van der Waals surface area (Å²) in [5.74, 6) is -0.233. The Kier molecular flexibility index (Phi) is 5.99. The number of amides is 2. The Morgan fingerprint density at radius 1 is 1.10 bits per heavy atom. The number of halogens is 3. The first-order chi connectivity index (χ1) is 14.9. The number of piperazine rings is 1. The van der Waals surface area contributed by atoms with Crippen molar-refractivity contribution < 1.29 is 27.2 Å². The van der Waals surface area contributed by atoms with Crippen LogP contribution >= 0.6 is 0 Å². The highest BCUT2D eigenvalue weighted by molar-refractivity contribution is 5.80. The lowest BCUT2D eigenvalue weighted by Crippen LogP contribution is -2.51. The molecule has 0 radical (unpaired) electrons. The molecule has 0 atom stereocenters. The quantitative estimate of drug-likeness (QED) is 0.662. The Hall–Kier alpha value is -3.27. The number of rotatable bonds is 5. The second-order valence-corrected chi connectivity index (χ2v) is 7.24. The summed E-state index contributed by atoms with van der Waals surface area (Å²) >= 11 is 0. The number of benzene rings is 2. The van der Waals surface area contributed by atoms with Crippen LogP contribution in [0.5, 0.6) is 5.75 Å². The van der Waals surface area contributed by atoms with Gasteiger partial charge in [0.15, 0.2) is 5.58 Å². The van der Waals surface area contributed by atoms with E-state index in [1.807, 2.05) is 24.3 Å². The van der Waals surface area contributed by atoms with Gasteiger partial charge in [0.2, 0.25) is 0 Å². The average molecular weight is 434 g/mol. The average Bonchev–Trinajstić information content (AvgIpc) is 3.15. The molecule has 1 saturated heterocycles. The third-order valence-electron chi connectivity index (χ3n) is 5.06. The van der Waals surface area contributed by atoms with E-state index in [0.717, 1.165) is 10.9 Å². The molecule has 1 aliphatic rings. The van der Waals surface area contributed by atoms with Gasteiger partial charge < -0.3 is 19.5 Å². The van der Waals surface area contributed by atoms with Crippen molar-refractivity contribution in [3.05, 3.63) is 59.8 Å². The van der Waals surface area contributed by atoms with Gasteiger partial charge in [-0.15, -0.1) is 13.2 Å². The molecule has 31 heavy (non-hydrogen) atoms. The number of ether oxygens (including phenoxy) is 1. The van der Waals surface area contributed by atoms with Gasteiger partial charge in [-0.3, -0.25) is 4.90 Å². The minimum atomic E-state index is -4.71. The number of carbonyl (C=O) groups is 1. The fourth-order valence-electron chi connectivity index (χ4n) is 3.54. The van der Waals surface area contributed by atoms with Crippen molar-refractivity contribution >= 4 is 17.0 Å². The second kappa shape index (κ2) is 8.84. The Balaban J connectivity index is 1.26. The zero-order valence-corrected chi connectivity index (χ0v) is 16.6. The molecule has 0 spiro atoms. The van der Waals surface area contributed by atoms with Crippen LogP contribution in [0.15, 0.2) is 53.1 Å². The van der Waals surface area contributed by atoms with E-state index >= 15 is 0 Å². The minimum absolute atomic E-state index is 0.188. The van der Waals surface area contributed by atoms with Gasteiger partial charge in [-0.2, -0.15) is 0 Å². The Morgan fingerprint density at radius 2 is 1.87 bits per heavy atom. The van der Waals surface area contributed by atoms with Crippen molar-refractivity contribution in [1.82, 2.24) is 20.3 Å². The van der Waals surface area contributed by atoms with Crippen molar-refractivity contribution in [2.75, 3.05) is 26.2 Å². The van der Waals surface area contributed by atoms with Crippen LogP contribution in [0.3, 0.4) is 0 Å². The summed E-state index contributed by atoms with van der Waals surface area (Å²) in [6.45, 7) is 3.01. The number of para-hydroxylation sites is 1. The molecular formula is C21H21F3N4O3. The van der Waals surface area contributed by atoms with Gasteiger partial charge in [0.1, 0.15) is 11.4 Å². The van der Waals surface area contributed by atoms with E-state index in [-0.39, 0.29) is 18.3 Å². The van der Waals surface area contributed by atoms with Crippen molar-refractivity contribution in [1.29, 1.82) is 0 Å². The van der Waals surface area contributed by atoms with Gasteiger partial charge in [-0.05, 0) is 29.8 Å². The third-order valence-corrected chi connectivity index (χ3v) is 5.06. The zero-order valence-electron chi connectivity index (χ0n) is 16.6. The van der Waals surface area contributed by atoms with E-state index < -0.39 is 6.36 Å². The van der Waals surface area contributed by atoms with E-state index in [9.17, 15) is 18.0 Å². The summed E-state index contributed by atoms with van der Waals surface area (Å²) < 4.78 is 46.4. The highest BCUT2D eigenvalue weighted by atomic mass is 19.4. The summed E-state index contributed by atoms with van der Waals surface area (Å²) in [5, 5.41) is 7.73. The summed E-state index contributed by atoms with van der Waals surface area (Å²) in [4.78, 5) is 16.3. The molecule has 2 heterocycles. The second-order valence-electron chi connectivity index (χ2n) is 7.24. The van der Waals surface area contributed by atoms with Crippen molar-refractivity contribution in [2.24, 2.45) is 0 Å². The maximum atomic E-state index is 12.5. The summed E-state index contributed by atoms with van der Waals surface area (Å²) in [6.07, 6.45) is -4.71. The van der Waals surface area contributed by atoms with Crippen molar-refractivity contribution in [3.8, 4) is 5.75 Å². The van der Waals surface area contributed by atoms with Crippen LogP contribution in [-0.2, 0) is 13.1 Å². The van der Waals surface area contributed by atoms with Crippen LogP contribution in [-0.4, -0.2) is 53.5 Å². The van der Waals surface area contributed by atoms with E-state index in [1.54, 1.807) is 11.0 Å². The van der Waals surface area contributed by atoms with Gasteiger partial charge in [0.05, 0.1) is 6.54 Å². The largest absolute Gasteiger partial charge is 0.573 e. The highest BCUT2D eigenvalue weighted by Gasteiger charge is 2.31. The smallest absolute Gasteiger partial charge is 0.406 e. The molecule has 0 saturated carbocycles. The van der Waals surface area contributed by atoms with Crippen LogP contribution in [0.4, 0.5) is 18.0 Å². The lowest BCUT2D eigenvalue weighted by atomic mass is 10.2. The molecule has 0 aliphatic carbocycles. The number of nitrogens with zero attached hydrogens (tertiary/aromatic N) is 3. The van der Waals surface area contributed by atoms with Gasteiger partial charge in [0, 0.05) is 38.1 Å². The predicted octanol–water partition coefficient (Wildman–Crippen LogP) is 3.75. The van der Waals surface area contributed by atoms with E-state index in [4.69, 9.17) is 4.52 Å². The maximum absolute atomic E-state index is 12.5. The molecule has 0 unspecified atom stereocenters. The number of hydrogen-bond donors (Lipinski definition) is 1. The first-order valence-corrected chi connectivity index (χ1v) is 9.80. The van der Waals surface area contributed by atoms with Crippen LogP contribution in [0, 0.1) is 0 Å². The molecule has 1 aliphatic heterocycles. The summed E-state index contributed by atoms with van der Waals surface area (Å²) in [6, 6.07) is 13.2. The molecule has 2 amide bonds. The van der Waals surface area contributed by atoms with Crippen LogP contribution in [0.25, 0.3) is 11.0 Å². The number of alkyl halides is 3. The van der Waals surface area contributed by atoms with Gasteiger partial charge in [-0.1, -0.05) is 29.4 Å². The minimum Gasteiger partial charge on any atom is -0.406 e. The lowest BCUT2D eigenvalue weighted by molar-refractivity contribution is -0.274. The molecule has 1 N–H and O–H groups in total. The van der Waals surface area contributed by atoms with Gasteiger partial charge in [-0.25, -0.2) is 4.79 Å². The fraction of sp³-hybridized carbons (Fsp3) is 0.333.